The molecule has 2 amide bonds. The molecule has 84 valence electrons. The maximum absolute atomic E-state index is 11.8. The summed E-state index contributed by atoms with van der Waals surface area (Å²) in [4.78, 5) is 25.1. The van der Waals surface area contributed by atoms with Gasteiger partial charge in [0.2, 0.25) is 11.8 Å². The molecule has 2 fully saturated rings. The van der Waals surface area contributed by atoms with Crippen molar-refractivity contribution in [3.63, 3.8) is 0 Å². The number of rotatable bonds is 3. The third-order valence-corrected chi connectivity index (χ3v) is 3.10. The zero-order valence-corrected chi connectivity index (χ0v) is 9.16. The molecule has 1 heterocycles. The van der Waals surface area contributed by atoms with Crippen molar-refractivity contribution in [1.29, 1.82) is 0 Å². The van der Waals surface area contributed by atoms with Gasteiger partial charge in [0.1, 0.15) is 6.04 Å². The minimum absolute atomic E-state index is 0.0510. The van der Waals surface area contributed by atoms with Gasteiger partial charge < -0.3 is 10.2 Å². The summed E-state index contributed by atoms with van der Waals surface area (Å²) in [5.74, 6) is 0.301. The Bertz CT molecular complexity index is 268. The summed E-state index contributed by atoms with van der Waals surface area (Å²) in [5, 5.41) is 2.79. The topological polar surface area (TPSA) is 49.4 Å². The Morgan fingerprint density at radius 2 is 1.87 bits per heavy atom. The molecule has 0 bridgehead atoms. The Hall–Kier alpha value is -1.06. The van der Waals surface area contributed by atoms with Crippen molar-refractivity contribution in [3.05, 3.63) is 0 Å². The van der Waals surface area contributed by atoms with E-state index in [4.69, 9.17) is 0 Å². The molecule has 0 spiro atoms. The van der Waals surface area contributed by atoms with Crippen LogP contribution in [0.5, 0.6) is 0 Å². The SMILES string of the molecule is C[C@@H](NC(=O)C1CC1)C(=O)N1CCCC1. The zero-order valence-electron chi connectivity index (χ0n) is 9.16. The van der Waals surface area contributed by atoms with Crippen LogP contribution in [0.3, 0.4) is 0 Å². The second-order valence-corrected chi connectivity index (χ2v) is 4.54. The molecule has 2 rings (SSSR count). The number of carbonyl (C=O) groups excluding carboxylic acids is 2. The Kier molecular flexibility index (Phi) is 2.93. The van der Waals surface area contributed by atoms with Crippen molar-refractivity contribution in [1.82, 2.24) is 10.2 Å². The maximum Gasteiger partial charge on any atom is 0.244 e. The number of hydrogen-bond acceptors (Lipinski definition) is 2. The van der Waals surface area contributed by atoms with Crippen molar-refractivity contribution in [2.24, 2.45) is 5.92 Å². The van der Waals surface area contributed by atoms with E-state index in [9.17, 15) is 9.59 Å². The molecular formula is C11H18N2O2. The van der Waals surface area contributed by atoms with Crippen LogP contribution in [-0.4, -0.2) is 35.8 Å². The second kappa shape index (κ2) is 4.21. The first-order chi connectivity index (χ1) is 7.18. The molecule has 1 saturated heterocycles. The molecule has 0 unspecified atom stereocenters. The molecule has 0 aromatic rings. The fraction of sp³-hybridized carbons (Fsp3) is 0.818. The van der Waals surface area contributed by atoms with Crippen LogP contribution in [0.15, 0.2) is 0 Å². The molecule has 2 aliphatic rings. The molecule has 1 atom stereocenters. The van der Waals surface area contributed by atoms with E-state index in [1.165, 1.54) is 0 Å². The van der Waals surface area contributed by atoms with Crippen LogP contribution >= 0.6 is 0 Å². The Balaban J connectivity index is 1.80. The molecule has 4 heteroatoms. The molecule has 0 radical (unpaired) electrons. The highest BCUT2D eigenvalue weighted by atomic mass is 16.2. The van der Waals surface area contributed by atoms with Crippen LogP contribution in [0.4, 0.5) is 0 Å². The van der Waals surface area contributed by atoms with Gasteiger partial charge in [0, 0.05) is 19.0 Å². The average Bonchev–Trinajstić information content (AvgIpc) is 2.93. The van der Waals surface area contributed by atoms with E-state index in [0.717, 1.165) is 38.8 Å². The lowest BCUT2D eigenvalue weighted by Gasteiger charge is -2.21. The van der Waals surface area contributed by atoms with E-state index in [2.05, 4.69) is 5.32 Å². The number of hydrogen-bond donors (Lipinski definition) is 1. The molecular weight excluding hydrogens is 192 g/mol. The molecule has 1 aliphatic heterocycles. The van der Waals surface area contributed by atoms with E-state index < -0.39 is 0 Å². The van der Waals surface area contributed by atoms with Gasteiger partial charge in [0.15, 0.2) is 0 Å². The molecule has 15 heavy (non-hydrogen) atoms. The number of carbonyl (C=O) groups is 2. The molecule has 0 aromatic carbocycles. The standard InChI is InChI=1S/C11H18N2O2/c1-8(12-10(14)9-4-5-9)11(15)13-6-2-3-7-13/h8-9H,2-7H2,1H3,(H,12,14)/t8-/m1/s1. The van der Waals surface area contributed by atoms with Gasteiger partial charge in [-0.15, -0.1) is 0 Å². The summed E-state index contributed by atoms with van der Waals surface area (Å²) >= 11 is 0. The summed E-state index contributed by atoms with van der Waals surface area (Å²) in [7, 11) is 0. The van der Waals surface area contributed by atoms with Crippen LogP contribution in [0, 0.1) is 5.92 Å². The van der Waals surface area contributed by atoms with Gasteiger partial charge in [0.25, 0.3) is 0 Å². The summed E-state index contributed by atoms with van der Waals surface area (Å²) in [6.45, 7) is 3.48. The monoisotopic (exact) mass is 210 g/mol. The zero-order chi connectivity index (χ0) is 10.8. The first-order valence-electron chi connectivity index (χ1n) is 5.77. The van der Waals surface area contributed by atoms with E-state index >= 15 is 0 Å². The minimum atomic E-state index is -0.351. The number of nitrogens with one attached hydrogen (secondary N) is 1. The van der Waals surface area contributed by atoms with Crippen LogP contribution in [0.25, 0.3) is 0 Å². The lowest BCUT2D eigenvalue weighted by molar-refractivity contribution is -0.135. The van der Waals surface area contributed by atoms with Crippen LogP contribution in [-0.2, 0) is 9.59 Å². The third kappa shape index (κ3) is 2.49. The van der Waals surface area contributed by atoms with E-state index in [0.29, 0.717) is 0 Å². The van der Waals surface area contributed by atoms with Crippen molar-refractivity contribution in [2.75, 3.05) is 13.1 Å². The van der Waals surface area contributed by atoms with Gasteiger partial charge in [-0.3, -0.25) is 9.59 Å². The number of amides is 2. The van der Waals surface area contributed by atoms with E-state index in [1.807, 2.05) is 4.90 Å². The van der Waals surface area contributed by atoms with Crippen LogP contribution in [0.1, 0.15) is 32.6 Å². The second-order valence-electron chi connectivity index (χ2n) is 4.54. The van der Waals surface area contributed by atoms with E-state index in [1.54, 1.807) is 6.92 Å². The third-order valence-electron chi connectivity index (χ3n) is 3.10. The predicted octanol–water partition coefficient (Wildman–Crippen LogP) is 0.524. The summed E-state index contributed by atoms with van der Waals surface area (Å²) in [6.07, 6.45) is 4.15. The largest absolute Gasteiger partial charge is 0.344 e. The average molecular weight is 210 g/mol. The highest BCUT2D eigenvalue weighted by Crippen LogP contribution is 2.28. The van der Waals surface area contributed by atoms with Gasteiger partial charge in [0.05, 0.1) is 0 Å². The van der Waals surface area contributed by atoms with Crippen molar-refractivity contribution in [3.8, 4) is 0 Å². The maximum atomic E-state index is 11.8. The Labute approximate surface area is 90.0 Å². The lowest BCUT2D eigenvalue weighted by atomic mass is 10.2. The van der Waals surface area contributed by atoms with E-state index in [-0.39, 0.29) is 23.8 Å². The first-order valence-corrected chi connectivity index (χ1v) is 5.77. The summed E-state index contributed by atoms with van der Waals surface area (Å²) < 4.78 is 0. The van der Waals surface area contributed by atoms with Gasteiger partial charge in [-0.2, -0.15) is 0 Å². The quantitative estimate of drug-likeness (QED) is 0.738. The summed E-state index contributed by atoms with van der Waals surface area (Å²) in [6, 6.07) is -0.351. The highest BCUT2D eigenvalue weighted by molar-refractivity contribution is 5.89. The Morgan fingerprint density at radius 3 is 2.40 bits per heavy atom. The summed E-state index contributed by atoms with van der Waals surface area (Å²) in [5.41, 5.74) is 0. The first kappa shape index (κ1) is 10.5. The highest BCUT2D eigenvalue weighted by Gasteiger charge is 2.32. The molecule has 1 saturated carbocycles. The smallest absolute Gasteiger partial charge is 0.244 e. The van der Waals surface area contributed by atoms with Crippen molar-refractivity contribution >= 4 is 11.8 Å². The normalized spacial score (nSPS) is 22.6. The van der Waals surface area contributed by atoms with Gasteiger partial charge in [-0.05, 0) is 32.6 Å². The fourth-order valence-electron chi connectivity index (χ4n) is 1.95. The van der Waals surface area contributed by atoms with Gasteiger partial charge >= 0.3 is 0 Å². The molecule has 1 aliphatic carbocycles. The lowest BCUT2D eigenvalue weighted by Crippen LogP contribution is -2.46. The fourth-order valence-corrected chi connectivity index (χ4v) is 1.95. The minimum Gasteiger partial charge on any atom is -0.344 e. The Morgan fingerprint density at radius 1 is 1.27 bits per heavy atom. The molecule has 4 nitrogen and oxygen atoms in total. The van der Waals surface area contributed by atoms with Gasteiger partial charge in [-0.1, -0.05) is 0 Å². The number of nitrogens with zero attached hydrogens (tertiary/aromatic N) is 1. The van der Waals surface area contributed by atoms with Crippen LogP contribution < -0.4 is 5.32 Å². The van der Waals surface area contributed by atoms with Crippen molar-refractivity contribution in [2.45, 2.75) is 38.6 Å². The van der Waals surface area contributed by atoms with Crippen molar-refractivity contribution < 1.29 is 9.59 Å². The van der Waals surface area contributed by atoms with Gasteiger partial charge in [-0.25, -0.2) is 0 Å². The molecule has 0 aromatic heterocycles. The molecule has 1 N–H and O–H groups in total. The van der Waals surface area contributed by atoms with Crippen LogP contribution in [0.2, 0.25) is 0 Å². The number of likely N-dealkylation sites (tertiary alicyclic amines) is 1. The predicted molar refractivity (Wildman–Crippen MR) is 56.1 cm³/mol.